The Morgan fingerprint density at radius 2 is 1.89 bits per heavy atom. The standard InChI is InChI=1S/C15H13N3O/c1-10-5-11(2)7-13(6-10)18-15(19)14-8-12(9-16)3-4-17-14/h3-8H,1-2H3,(H,18,19). The van der Waals surface area contributed by atoms with Crippen LogP contribution in [0.3, 0.4) is 0 Å². The van der Waals surface area contributed by atoms with E-state index in [-0.39, 0.29) is 11.6 Å². The molecule has 94 valence electrons. The number of anilines is 1. The molecule has 4 nitrogen and oxygen atoms in total. The molecular formula is C15H13N3O. The lowest BCUT2D eigenvalue weighted by Gasteiger charge is -2.07. The van der Waals surface area contributed by atoms with Crippen molar-refractivity contribution in [2.45, 2.75) is 13.8 Å². The first kappa shape index (κ1) is 12.8. The number of pyridine rings is 1. The number of rotatable bonds is 2. The molecule has 0 unspecified atom stereocenters. The second kappa shape index (κ2) is 5.32. The second-order valence-corrected chi connectivity index (χ2v) is 4.37. The quantitative estimate of drug-likeness (QED) is 0.892. The molecule has 1 aromatic carbocycles. The zero-order valence-corrected chi connectivity index (χ0v) is 10.8. The zero-order chi connectivity index (χ0) is 13.8. The number of benzene rings is 1. The number of hydrogen-bond acceptors (Lipinski definition) is 3. The van der Waals surface area contributed by atoms with E-state index in [0.29, 0.717) is 5.56 Å². The van der Waals surface area contributed by atoms with Crippen molar-refractivity contribution < 1.29 is 4.79 Å². The van der Waals surface area contributed by atoms with Gasteiger partial charge in [0, 0.05) is 11.9 Å². The molecule has 0 aliphatic carbocycles. The van der Waals surface area contributed by atoms with Crippen molar-refractivity contribution in [1.29, 1.82) is 5.26 Å². The molecule has 2 aromatic rings. The van der Waals surface area contributed by atoms with Crippen LogP contribution in [-0.4, -0.2) is 10.9 Å². The highest BCUT2D eigenvalue weighted by atomic mass is 16.1. The van der Waals surface area contributed by atoms with Crippen molar-refractivity contribution in [3.63, 3.8) is 0 Å². The number of amides is 1. The van der Waals surface area contributed by atoms with Crippen molar-refractivity contribution in [3.05, 3.63) is 58.9 Å². The van der Waals surface area contributed by atoms with Crippen LogP contribution in [0.4, 0.5) is 5.69 Å². The molecule has 1 N–H and O–H groups in total. The van der Waals surface area contributed by atoms with Gasteiger partial charge in [-0.1, -0.05) is 6.07 Å². The molecule has 0 bridgehead atoms. The van der Waals surface area contributed by atoms with Crippen LogP contribution in [0.2, 0.25) is 0 Å². The normalized spacial score (nSPS) is 9.74. The van der Waals surface area contributed by atoms with Gasteiger partial charge in [-0.3, -0.25) is 9.78 Å². The molecule has 4 heteroatoms. The minimum absolute atomic E-state index is 0.234. The fourth-order valence-electron chi connectivity index (χ4n) is 1.87. The highest BCUT2D eigenvalue weighted by molar-refractivity contribution is 6.03. The number of carbonyl (C=O) groups excluding carboxylic acids is 1. The topological polar surface area (TPSA) is 65.8 Å². The fourth-order valence-corrected chi connectivity index (χ4v) is 1.87. The summed E-state index contributed by atoms with van der Waals surface area (Å²) in [4.78, 5) is 16.0. The van der Waals surface area contributed by atoms with E-state index in [0.717, 1.165) is 16.8 Å². The van der Waals surface area contributed by atoms with Crippen molar-refractivity contribution >= 4 is 11.6 Å². The van der Waals surface area contributed by atoms with Gasteiger partial charge in [-0.25, -0.2) is 0 Å². The van der Waals surface area contributed by atoms with E-state index < -0.39 is 0 Å². The zero-order valence-electron chi connectivity index (χ0n) is 10.8. The predicted molar refractivity (Wildman–Crippen MR) is 72.8 cm³/mol. The van der Waals surface area contributed by atoms with Crippen molar-refractivity contribution in [2.24, 2.45) is 0 Å². The van der Waals surface area contributed by atoms with Gasteiger partial charge in [0.15, 0.2) is 0 Å². The summed E-state index contributed by atoms with van der Waals surface area (Å²) in [5.41, 5.74) is 3.54. The maximum Gasteiger partial charge on any atom is 0.274 e. The summed E-state index contributed by atoms with van der Waals surface area (Å²) >= 11 is 0. The lowest BCUT2D eigenvalue weighted by Crippen LogP contribution is -2.14. The summed E-state index contributed by atoms with van der Waals surface area (Å²) in [5, 5.41) is 11.6. The Labute approximate surface area is 111 Å². The first-order chi connectivity index (χ1) is 9.08. The van der Waals surface area contributed by atoms with E-state index in [1.54, 1.807) is 6.07 Å². The third-order valence-electron chi connectivity index (χ3n) is 2.60. The largest absolute Gasteiger partial charge is 0.321 e. The van der Waals surface area contributed by atoms with E-state index in [4.69, 9.17) is 5.26 Å². The van der Waals surface area contributed by atoms with E-state index in [2.05, 4.69) is 10.3 Å². The number of aromatic nitrogens is 1. The SMILES string of the molecule is Cc1cc(C)cc(NC(=O)c2cc(C#N)ccn2)c1. The van der Waals surface area contributed by atoms with Gasteiger partial charge in [-0.15, -0.1) is 0 Å². The van der Waals surface area contributed by atoms with E-state index >= 15 is 0 Å². The Hall–Kier alpha value is -2.67. The minimum Gasteiger partial charge on any atom is -0.321 e. The lowest BCUT2D eigenvalue weighted by molar-refractivity contribution is 0.102. The van der Waals surface area contributed by atoms with E-state index in [1.807, 2.05) is 38.1 Å². The summed E-state index contributed by atoms with van der Waals surface area (Å²) in [7, 11) is 0. The molecule has 0 saturated heterocycles. The third-order valence-corrected chi connectivity index (χ3v) is 2.60. The molecule has 1 heterocycles. The Kier molecular flexibility index (Phi) is 3.58. The van der Waals surface area contributed by atoms with Gasteiger partial charge in [0.2, 0.25) is 0 Å². The van der Waals surface area contributed by atoms with Crippen molar-refractivity contribution in [1.82, 2.24) is 4.98 Å². The molecule has 0 saturated carbocycles. The molecule has 0 spiro atoms. The summed E-state index contributed by atoms with van der Waals surface area (Å²) in [6.07, 6.45) is 1.45. The van der Waals surface area contributed by atoms with Crippen LogP contribution in [0.15, 0.2) is 36.5 Å². The molecule has 0 atom stereocenters. The van der Waals surface area contributed by atoms with Crippen LogP contribution in [0, 0.1) is 25.2 Å². The van der Waals surface area contributed by atoms with E-state index in [9.17, 15) is 4.79 Å². The number of aryl methyl sites for hydroxylation is 2. The number of hydrogen-bond donors (Lipinski definition) is 1. The average Bonchev–Trinajstić information content (AvgIpc) is 2.37. The predicted octanol–water partition coefficient (Wildman–Crippen LogP) is 2.82. The third kappa shape index (κ3) is 3.17. The van der Waals surface area contributed by atoms with Crippen LogP contribution in [0.25, 0.3) is 0 Å². The molecule has 1 aromatic heterocycles. The first-order valence-electron chi connectivity index (χ1n) is 5.84. The van der Waals surface area contributed by atoms with Gasteiger partial charge in [0.05, 0.1) is 11.6 Å². The van der Waals surface area contributed by atoms with E-state index in [1.165, 1.54) is 12.3 Å². The summed E-state index contributed by atoms with van der Waals surface area (Å²) < 4.78 is 0. The highest BCUT2D eigenvalue weighted by Gasteiger charge is 2.08. The molecule has 0 aliphatic heterocycles. The van der Waals surface area contributed by atoms with Crippen LogP contribution < -0.4 is 5.32 Å². The number of nitrogens with zero attached hydrogens (tertiary/aromatic N) is 2. The summed E-state index contributed by atoms with van der Waals surface area (Å²) in [6, 6.07) is 10.8. The molecule has 1 amide bonds. The number of nitriles is 1. The van der Waals surface area contributed by atoms with Crippen molar-refractivity contribution in [3.8, 4) is 6.07 Å². The fraction of sp³-hybridized carbons (Fsp3) is 0.133. The van der Waals surface area contributed by atoms with Crippen LogP contribution in [0.5, 0.6) is 0 Å². The molecule has 0 aliphatic rings. The number of nitrogens with one attached hydrogen (secondary N) is 1. The molecule has 19 heavy (non-hydrogen) atoms. The average molecular weight is 251 g/mol. The molecule has 0 fully saturated rings. The van der Waals surface area contributed by atoms with Gasteiger partial charge in [-0.05, 0) is 49.2 Å². The Balaban J connectivity index is 2.23. The summed E-state index contributed by atoms with van der Waals surface area (Å²) in [5.74, 6) is -0.317. The van der Waals surface area contributed by atoms with Gasteiger partial charge in [0.25, 0.3) is 5.91 Å². The van der Waals surface area contributed by atoms with Crippen LogP contribution >= 0.6 is 0 Å². The molecular weight excluding hydrogens is 238 g/mol. The Bertz CT molecular complexity index is 651. The monoisotopic (exact) mass is 251 g/mol. The highest BCUT2D eigenvalue weighted by Crippen LogP contribution is 2.14. The Morgan fingerprint density at radius 3 is 2.53 bits per heavy atom. The maximum absolute atomic E-state index is 12.0. The number of carbonyl (C=O) groups is 1. The maximum atomic E-state index is 12.0. The minimum atomic E-state index is -0.317. The van der Waals surface area contributed by atoms with Gasteiger partial charge >= 0.3 is 0 Å². The summed E-state index contributed by atoms with van der Waals surface area (Å²) in [6.45, 7) is 3.94. The van der Waals surface area contributed by atoms with Crippen LogP contribution in [0.1, 0.15) is 27.2 Å². The first-order valence-corrected chi connectivity index (χ1v) is 5.84. The molecule has 0 radical (unpaired) electrons. The second-order valence-electron chi connectivity index (χ2n) is 4.37. The van der Waals surface area contributed by atoms with Gasteiger partial charge in [0.1, 0.15) is 5.69 Å². The van der Waals surface area contributed by atoms with Crippen LogP contribution in [-0.2, 0) is 0 Å². The lowest BCUT2D eigenvalue weighted by atomic mass is 10.1. The molecule has 2 rings (SSSR count). The van der Waals surface area contributed by atoms with Gasteiger partial charge < -0.3 is 5.32 Å². The van der Waals surface area contributed by atoms with Crippen molar-refractivity contribution in [2.75, 3.05) is 5.32 Å². The smallest absolute Gasteiger partial charge is 0.274 e. The van der Waals surface area contributed by atoms with Gasteiger partial charge in [-0.2, -0.15) is 5.26 Å². The Morgan fingerprint density at radius 1 is 1.21 bits per heavy atom.